The van der Waals surface area contributed by atoms with Crippen LogP contribution in [0.5, 0.6) is 5.75 Å². The van der Waals surface area contributed by atoms with Crippen LogP contribution in [-0.2, 0) is 23.0 Å². The standard InChI is InChI=1S/C19H32O4S/c1-4-7-9-11-16-13-14-17(12-10-8-5-2)18(15-16)23-19(6-3)24(20,21)22/h13-15,19H,4-12H2,1-3H3,(H,20,21,22). The van der Waals surface area contributed by atoms with E-state index in [-0.39, 0.29) is 6.42 Å². The first-order chi connectivity index (χ1) is 11.4. The van der Waals surface area contributed by atoms with Crippen molar-refractivity contribution in [3.8, 4) is 5.75 Å². The zero-order valence-corrected chi connectivity index (χ0v) is 16.1. The van der Waals surface area contributed by atoms with Gasteiger partial charge in [0.2, 0.25) is 5.44 Å². The number of hydrogen-bond acceptors (Lipinski definition) is 3. The first-order valence-corrected chi connectivity index (χ1v) is 10.7. The molecule has 1 aromatic carbocycles. The zero-order chi connectivity index (χ0) is 18.0. The summed E-state index contributed by atoms with van der Waals surface area (Å²) >= 11 is 0. The van der Waals surface area contributed by atoms with E-state index in [0.29, 0.717) is 5.75 Å². The normalized spacial score (nSPS) is 13.0. The average Bonchev–Trinajstić information content (AvgIpc) is 2.53. The van der Waals surface area contributed by atoms with Gasteiger partial charge in [0.05, 0.1) is 0 Å². The van der Waals surface area contributed by atoms with E-state index < -0.39 is 15.6 Å². The molecule has 0 aliphatic carbocycles. The summed E-state index contributed by atoms with van der Waals surface area (Å²) in [4.78, 5) is 0. The van der Waals surface area contributed by atoms with Crippen LogP contribution in [0.4, 0.5) is 0 Å². The van der Waals surface area contributed by atoms with E-state index in [1.165, 1.54) is 12.8 Å². The number of ether oxygens (including phenoxy) is 1. The monoisotopic (exact) mass is 356 g/mol. The quantitative estimate of drug-likeness (QED) is 0.415. The van der Waals surface area contributed by atoms with Crippen LogP contribution in [0.25, 0.3) is 0 Å². The second-order valence-corrected chi connectivity index (χ2v) is 7.88. The molecule has 1 atom stereocenters. The van der Waals surface area contributed by atoms with Gasteiger partial charge in [0.15, 0.2) is 0 Å². The van der Waals surface area contributed by atoms with Crippen LogP contribution >= 0.6 is 0 Å². The molecular weight excluding hydrogens is 324 g/mol. The van der Waals surface area contributed by atoms with Crippen molar-refractivity contribution in [1.29, 1.82) is 0 Å². The molecule has 0 radical (unpaired) electrons. The molecule has 0 aliphatic rings. The SMILES string of the molecule is CCCCCc1ccc(CCCCC)c(OC(CC)S(=O)(=O)O)c1. The fourth-order valence-corrected chi connectivity index (χ4v) is 3.36. The maximum atomic E-state index is 11.5. The molecule has 1 unspecified atom stereocenters. The summed E-state index contributed by atoms with van der Waals surface area (Å²) in [6.45, 7) is 6.02. The van der Waals surface area contributed by atoms with Gasteiger partial charge in [-0.05, 0) is 49.3 Å². The van der Waals surface area contributed by atoms with Gasteiger partial charge in [-0.2, -0.15) is 8.42 Å². The van der Waals surface area contributed by atoms with Crippen molar-refractivity contribution in [1.82, 2.24) is 0 Å². The van der Waals surface area contributed by atoms with E-state index in [0.717, 1.165) is 49.7 Å². The first kappa shape index (κ1) is 21.0. The van der Waals surface area contributed by atoms with E-state index in [4.69, 9.17) is 4.74 Å². The third kappa shape index (κ3) is 7.22. The van der Waals surface area contributed by atoms with Crippen LogP contribution < -0.4 is 4.74 Å². The molecule has 0 aromatic heterocycles. The molecule has 1 aromatic rings. The van der Waals surface area contributed by atoms with Crippen molar-refractivity contribution < 1.29 is 17.7 Å². The van der Waals surface area contributed by atoms with Crippen molar-refractivity contribution >= 4 is 10.1 Å². The minimum Gasteiger partial charge on any atom is -0.472 e. The van der Waals surface area contributed by atoms with Gasteiger partial charge in [0.25, 0.3) is 0 Å². The van der Waals surface area contributed by atoms with Crippen LogP contribution in [0.15, 0.2) is 18.2 Å². The Kier molecular flexibility index (Phi) is 9.37. The Morgan fingerprint density at radius 1 is 1.00 bits per heavy atom. The Bertz CT molecular complexity index is 581. The first-order valence-electron chi connectivity index (χ1n) is 9.17. The summed E-state index contributed by atoms with van der Waals surface area (Å²) < 4.78 is 38.0. The molecule has 0 spiro atoms. The van der Waals surface area contributed by atoms with Crippen LogP contribution in [0.2, 0.25) is 0 Å². The lowest BCUT2D eigenvalue weighted by Gasteiger charge is -2.18. The van der Waals surface area contributed by atoms with Gasteiger partial charge in [0, 0.05) is 0 Å². The number of aryl methyl sites for hydroxylation is 2. The number of unbranched alkanes of at least 4 members (excludes halogenated alkanes) is 4. The maximum Gasteiger partial charge on any atom is 0.303 e. The summed E-state index contributed by atoms with van der Waals surface area (Å²) in [6.07, 6.45) is 8.80. The van der Waals surface area contributed by atoms with Crippen LogP contribution in [0.3, 0.4) is 0 Å². The van der Waals surface area contributed by atoms with Crippen molar-refractivity contribution in [3.63, 3.8) is 0 Å². The second-order valence-electron chi connectivity index (χ2n) is 6.33. The molecule has 4 nitrogen and oxygen atoms in total. The Morgan fingerprint density at radius 3 is 2.17 bits per heavy atom. The van der Waals surface area contributed by atoms with E-state index >= 15 is 0 Å². The van der Waals surface area contributed by atoms with Gasteiger partial charge >= 0.3 is 10.1 Å². The topological polar surface area (TPSA) is 63.6 Å². The lowest BCUT2D eigenvalue weighted by atomic mass is 10.0. The predicted octanol–water partition coefficient (Wildman–Crippen LogP) is 5.15. The molecular formula is C19H32O4S. The van der Waals surface area contributed by atoms with E-state index in [1.807, 2.05) is 12.1 Å². The highest BCUT2D eigenvalue weighted by atomic mass is 32.2. The van der Waals surface area contributed by atoms with Gasteiger partial charge in [-0.3, -0.25) is 4.55 Å². The Labute approximate surface area is 147 Å². The summed E-state index contributed by atoms with van der Waals surface area (Å²) in [5.74, 6) is 0.601. The molecule has 1 rings (SSSR count). The lowest BCUT2D eigenvalue weighted by Crippen LogP contribution is -2.26. The molecule has 24 heavy (non-hydrogen) atoms. The number of benzene rings is 1. The lowest BCUT2D eigenvalue weighted by molar-refractivity contribution is 0.250. The third-order valence-electron chi connectivity index (χ3n) is 4.17. The molecule has 5 heteroatoms. The summed E-state index contributed by atoms with van der Waals surface area (Å²) in [7, 11) is -4.21. The third-order valence-corrected chi connectivity index (χ3v) is 5.27. The smallest absolute Gasteiger partial charge is 0.303 e. The molecule has 0 saturated carbocycles. The highest BCUT2D eigenvalue weighted by molar-refractivity contribution is 7.86. The van der Waals surface area contributed by atoms with Crippen molar-refractivity contribution in [2.45, 2.75) is 84.0 Å². The fraction of sp³-hybridized carbons (Fsp3) is 0.684. The minimum atomic E-state index is -4.21. The predicted molar refractivity (Wildman–Crippen MR) is 99.2 cm³/mol. The maximum absolute atomic E-state index is 11.5. The van der Waals surface area contributed by atoms with E-state index in [9.17, 15) is 13.0 Å². The molecule has 0 bridgehead atoms. The molecule has 0 saturated heterocycles. The Balaban J connectivity index is 2.97. The number of hydrogen-bond donors (Lipinski definition) is 1. The molecule has 0 heterocycles. The summed E-state index contributed by atoms with van der Waals surface area (Å²) in [5.41, 5.74) is 0.973. The minimum absolute atomic E-state index is 0.216. The second kappa shape index (κ2) is 10.7. The highest BCUT2D eigenvalue weighted by Crippen LogP contribution is 2.26. The van der Waals surface area contributed by atoms with Crippen LogP contribution in [-0.4, -0.2) is 18.4 Å². The average molecular weight is 357 g/mol. The summed E-state index contributed by atoms with van der Waals surface area (Å²) in [5, 5.41) is 0. The molecule has 0 amide bonds. The van der Waals surface area contributed by atoms with E-state index in [2.05, 4.69) is 19.9 Å². The van der Waals surface area contributed by atoms with E-state index in [1.54, 1.807) is 6.92 Å². The number of rotatable bonds is 12. The Morgan fingerprint density at radius 2 is 1.62 bits per heavy atom. The van der Waals surface area contributed by atoms with Crippen LogP contribution in [0.1, 0.15) is 76.8 Å². The van der Waals surface area contributed by atoms with Crippen molar-refractivity contribution in [2.75, 3.05) is 0 Å². The molecule has 0 aliphatic heterocycles. The van der Waals surface area contributed by atoms with Gasteiger partial charge in [-0.15, -0.1) is 0 Å². The fourth-order valence-electron chi connectivity index (χ4n) is 2.71. The van der Waals surface area contributed by atoms with Gasteiger partial charge in [0.1, 0.15) is 5.75 Å². The van der Waals surface area contributed by atoms with Crippen molar-refractivity contribution in [3.05, 3.63) is 29.3 Å². The largest absolute Gasteiger partial charge is 0.472 e. The van der Waals surface area contributed by atoms with Crippen molar-refractivity contribution in [2.24, 2.45) is 0 Å². The molecule has 0 fully saturated rings. The van der Waals surface area contributed by atoms with Gasteiger partial charge in [-0.25, -0.2) is 0 Å². The molecule has 1 N–H and O–H groups in total. The zero-order valence-electron chi connectivity index (χ0n) is 15.3. The summed E-state index contributed by atoms with van der Waals surface area (Å²) in [6, 6.07) is 6.10. The van der Waals surface area contributed by atoms with Crippen LogP contribution in [0, 0.1) is 0 Å². The molecule has 138 valence electrons. The van der Waals surface area contributed by atoms with Gasteiger partial charge in [-0.1, -0.05) is 58.6 Å². The highest BCUT2D eigenvalue weighted by Gasteiger charge is 2.24. The van der Waals surface area contributed by atoms with Gasteiger partial charge < -0.3 is 4.74 Å². The Hall–Kier alpha value is -1.07.